The van der Waals surface area contributed by atoms with Gasteiger partial charge in [-0.05, 0) is 35.7 Å². The van der Waals surface area contributed by atoms with Crippen LogP contribution in [-0.4, -0.2) is 29.6 Å². The largest absolute Gasteiger partial charge is 0.410 e. The molecule has 34 heavy (non-hydrogen) atoms. The molecule has 0 aromatic heterocycles. The van der Waals surface area contributed by atoms with Crippen LogP contribution in [0.5, 0.6) is 0 Å². The Morgan fingerprint density at radius 2 is 1.47 bits per heavy atom. The van der Waals surface area contributed by atoms with Gasteiger partial charge >= 0.3 is 6.18 Å². The lowest BCUT2D eigenvalue weighted by atomic mass is 9.95. The van der Waals surface area contributed by atoms with E-state index in [1.54, 1.807) is 17.1 Å². The first-order chi connectivity index (χ1) is 16.3. The number of anilines is 1. The molecule has 2 aliphatic heterocycles. The first kappa shape index (κ1) is 22.1. The summed E-state index contributed by atoms with van der Waals surface area (Å²) in [6.45, 7) is 1.48. The number of rotatable bonds is 4. The summed E-state index contributed by atoms with van der Waals surface area (Å²) in [4.78, 5) is 12.5. The molecule has 4 nitrogen and oxygen atoms in total. The topological polar surface area (TPSA) is 35.6 Å². The van der Waals surface area contributed by atoms with Gasteiger partial charge in [0.2, 0.25) is 0 Å². The standard InChI is InChI=1S/C27H24F3N3O/c1-18(34)23-17-32(22-14-12-20(13-15-22)19-8-4-2-5-9-19)33-25(27(28,29)30)16-24(31-26(23)33)21-10-6-3-7-11-21/h2-15,24-25,31H,16-17H2,1H3. The van der Waals surface area contributed by atoms with E-state index in [9.17, 15) is 18.0 Å². The van der Waals surface area contributed by atoms with Crippen LogP contribution in [0.15, 0.2) is 96.3 Å². The number of benzene rings is 3. The highest BCUT2D eigenvalue weighted by Gasteiger charge is 2.53. The highest BCUT2D eigenvalue weighted by atomic mass is 19.4. The first-order valence-corrected chi connectivity index (χ1v) is 11.2. The first-order valence-electron chi connectivity index (χ1n) is 11.2. The molecule has 2 unspecified atom stereocenters. The van der Waals surface area contributed by atoms with Crippen molar-refractivity contribution in [2.24, 2.45) is 0 Å². The van der Waals surface area contributed by atoms with Crippen molar-refractivity contribution in [2.45, 2.75) is 31.6 Å². The van der Waals surface area contributed by atoms with Crippen LogP contribution in [0.25, 0.3) is 11.1 Å². The van der Waals surface area contributed by atoms with Gasteiger partial charge < -0.3 is 5.32 Å². The van der Waals surface area contributed by atoms with Gasteiger partial charge in [-0.25, -0.2) is 0 Å². The quantitative estimate of drug-likeness (QED) is 0.526. The van der Waals surface area contributed by atoms with Crippen LogP contribution in [0.4, 0.5) is 18.9 Å². The summed E-state index contributed by atoms with van der Waals surface area (Å²) < 4.78 is 43.1. The highest BCUT2D eigenvalue weighted by Crippen LogP contribution is 2.43. The van der Waals surface area contributed by atoms with Gasteiger partial charge in [0, 0.05) is 6.42 Å². The van der Waals surface area contributed by atoms with Crippen molar-refractivity contribution < 1.29 is 18.0 Å². The van der Waals surface area contributed by atoms with Gasteiger partial charge in [0.15, 0.2) is 5.78 Å². The number of halogens is 3. The second-order valence-electron chi connectivity index (χ2n) is 8.60. The monoisotopic (exact) mass is 463 g/mol. The van der Waals surface area contributed by atoms with Crippen LogP contribution in [0, 0.1) is 0 Å². The van der Waals surface area contributed by atoms with Gasteiger partial charge in [-0.2, -0.15) is 13.2 Å². The van der Waals surface area contributed by atoms with Crippen LogP contribution >= 0.6 is 0 Å². The van der Waals surface area contributed by atoms with Gasteiger partial charge in [0.1, 0.15) is 11.9 Å². The Hall–Kier alpha value is -3.74. The summed E-state index contributed by atoms with van der Waals surface area (Å²) >= 11 is 0. The number of hydrogen-bond donors (Lipinski definition) is 1. The summed E-state index contributed by atoms with van der Waals surface area (Å²) in [7, 11) is 0. The summed E-state index contributed by atoms with van der Waals surface area (Å²) in [5, 5.41) is 6.04. The molecule has 5 rings (SSSR count). The van der Waals surface area contributed by atoms with E-state index >= 15 is 0 Å². The fourth-order valence-electron chi connectivity index (χ4n) is 4.71. The number of hydrogen-bond acceptors (Lipinski definition) is 4. The molecule has 0 bridgehead atoms. The Morgan fingerprint density at radius 3 is 2.06 bits per heavy atom. The maximum atomic E-state index is 14.4. The van der Waals surface area contributed by atoms with E-state index in [1.165, 1.54) is 11.9 Å². The Balaban J connectivity index is 1.53. The number of alkyl halides is 3. The predicted molar refractivity (Wildman–Crippen MR) is 126 cm³/mol. The van der Waals surface area contributed by atoms with E-state index in [4.69, 9.17) is 0 Å². The molecule has 2 atom stereocenters. The number of hydrazine groups is 1. The average molecular weight is 464 g/mol. The molecular weight excluding hydrogens is 439 g/mol. The molecule has 3 aromatic rings. The van der Waals surface area contributed by atoms with Crippen LogP contribution in [0.2, 0.25) is 0 Å². The maximum absolute atomic E-state index is 14.4. The minimum atomic E-state index is -4.48. The summed E-state index contributed by atoms with van der Waals surface area (Å²) in [5.74, 6) is -0.00685. The van der Waals surface area contributed by atoms with Gasteiger partial charge in [-0.3, -0.25) is 14.8 Å². The molecule has 174 valence electrons. The van der Waals surface area contributed by atoms with Gasteiger partial charge in [0.25, 0.3) is 0 Å². The Bertz CT molecular complexity index is 1210. The van der Waals surface area contributed by atoms with Gasteiger partial charge in [-0.1, -0.05) is 72.8 Å². The van der Waals surface area contributed by atoms with Gasteiger partial charge in [-0.15, -0.1) is 0 Å². The van der Waals surface area contributed by atoms with E-state index in [0.29, 0.717) is 11.3 Å². The second-order valence-corrected chi connectivity index (χ2v) is 8.60. The molecule has 0 saturated carbocycles. The van der Waals surface area contributed by atoms with Crippen molar-refractivity contribution in [3.05, 3.63) is 102 Å². The molecule has 0 spiro atoms. The van der Waals surface area contributed by atoms with E-state index in [1.807, 2.05) is 72.8 Å². The fourth-order valence-corrected chi connectivity index (χ4v) is 4.71. The van der Waals surface area contributed by atoms with Crippen molar-refractivity contribution in [3.8, 4) is 11.1 Å². The van der Waals surface area contributed by atoms with Crippen molar-refractivity contribution in [1.29, 1.82) is 0 Å². The molecule has 2 aliphatic rings. The number of carbonyl (C=O) groups is 1. The molecule has 1 fully saturated rings. The Morgan fingerprint density at radius 1 is 0.882 bits per heavy atom. The number of fused-ring (bicyclic) bond motifs is 1. The lowest BCUT2D eigenvalue weighted by Crippen LogP contribution is -2.58. The number of ketones is 1. The molecule has 0 radical (unpaired) electrons. The van der Waals surface area contributed by atoms with Crippen LogP contribution < -0.4 is 10.3 Å². The highest BCUT2D eigenvalue weighted by molar-refractivity contribution is 5.95. The molecule has 0 aliphatic carbocycles. The normalized spacial score (nSPS) is 20.2. The summed E-state index contributed by atoms with van der Waals surface area (Å²) in [6, 6.07) is 23.9. The molecule has 0 amide bonds. The third-order valence-corrected chi connectivity index (χ3v) is 6.43. The minimum Gasteiger partial charge on any atom is -0.363 e. The van der Waals surface area contributed by atoms with E-state index < -0.39 is 18.3 Å². The van der Waals surface area contributed by atoms with E-state index in [-0.39, 0.29) is 24.6 Å². The number of carbonyl (C=O) groups excluding carboxylic acids is 1. The SMILES string of the molecule is CC(=O)C1=C2NC(c3ccccc3)CC(C(F)(F)F)N2N(c2ccc(-c3ccccc3)cc2)C1. The smallest absolute Gasteiger partial charge is 0.363 e. The zero-order chi connectivity index (χ0) is 23.9. The predicted octanol–water partition coefficient (Wildman–Crippen LogP) is 5.86. The second kappa shape index (κ2) is 8.56. The molecule has 1 saturated heterocycles. The Kier molecular flexibility index (Phi) is 5.55. The molecule has 1 N–H and O–H groups in total. The van der Waals surface area contributed by atoms with Crippen molar-refractivity contribution in [2.75, 3.05) is 11.6 Å². The van der Waals surface area contributed by atoms with Crippen LogP contribution in [-0.2, 0) is 4.79 Å². The lowest BCUT2D eigenvalue weighted by Gasteiger charge is -2.46. The summed E-state index contributed by atoms with van der Waals surface area (Å²) in [5.41, 5.74) is 3.70. The molecule has 7 heteroatoms. The van der Waals surface area contributed by atoms with E-state index in [0.717, 1.165) is 16.7 Å². The number of nitrogens with zero attached hydrogens (tertiary/aromatic N) is 2. The molecule has 2 heterocycles. The summed E-state index contributed by atoms with van der Waals surface area (Å²) in [6.07, 6.45) is -4.64. The number of Topliss-reactive ketones (excluding diaryl/α,β-unsaturated/α-hetero) is 1. The Labute approximate surface area is 196 Å². The van der Waals surface area contributed by atoms with Crippen LogP contribution in [0.1, 0.15) is 24.9 Å². The van der Waals surface area contributed by atoms with Crippen molar-refractivity contribution >= 4 is 11.5 Å². The van der Waals surface area contributed by atoms with Crippen molar-refractivity contribution in [1.82, 2.24) is 10.3 Å². The zero-order valence-electron chi connectivity index (χ0n) is 18.6. The maximum Gasteiger partial charge on any atom is 0.410 e. The minimum absolute atomic E-state index is 0.0798. The van der Waals surface area contributed by atoms with Gasteiger partial charge in [0.05, 0.1) is 23.8 Å². The zero-order valence-corrected chi connectivity index (χ0v) is 18.6. The van der Waals surface area contributed by atoms with Crippen LogP contribution in [0.3, 0.4) is 0 Å². The lowest BCUT2D eigenvalue weighted by molar-refractivity contribution is -0.188. The molecule has 3 aromatic carbocycles. The number of nitrogens with one attached hydrogen (secondary N) is 1. The van der Waals surface area contributed by atoms with E-state index in [2.05, 4.69) is 5.32 Å². The molecular formula is C27H24F3N3O. The van der Waals surface area contributed by atoms with Crippen molar-refractivity contribution in [3.63, 3.8) is 0 Å². The fraction of sp³-hybridized carbons (Fsp3) is 0.222. The third-order valence-electron chi connectivity index (χ3n) is 6.43. The third kappa shape index (κ3) is 4.02. The average Bonchev–Trinajstić information content (AvgIpc) is 3.24.